The highest BCUT2D eigenvalue weighted by molar-refractivity contribution is 8.13. The number of halogens is 1. The molecular formula is C23H23FN2O2S. The molecule has 0 bridgehead atoms. The molecule has 1 saturated heterocycles. The zero-order valence-corrected chi connectivity index (χ0v) is 17.1. The maximum atomic E-state index is 13.1. The summed E-state index contributed by atoms with van der Waals surface area (Å²) in [5.41, 5.74) is 3.54. The van der Waals surface area contributed by atoms with Gasteiger partial charge in [0.25, 0.3) is 5.91 Å². The van der Waals surface area contributed by atoms with Crippen LogP contribution >= 0.6 is 11.8 Å². The van der Waals surface area contributed by atoms with E-state index in [-0.39, 0.29) is 17.8 Å². The van der Waals surface area contributed by atoms with Gasteiger partial charge in [-0.2, -0.15) is 0 Å². The van der Waals surface area contributed by atoms with Crippen LogP contribution in [0.1, 0.15) is 29.5 Å². The van der Waals surface area contributed by atoms with E-state index in [9.17, 15) is 9.18 Å². The number of amides is 1. The molecule has 0 N–H and O–H groups in total. The number of aliphatic imine (C=N–C) groups is 1. The smallest absolute Gasteiger partial charge is 0.278 e. The number of amidine groups is 1. The van der Waals surface area contributed by atoms with Crippen LogP contribution in [0.2, 0.25) is 0 Å². The summed E-state index contributed by atoms with van der Waals surface area (Å²) in [6.45, 7) is 3.29. The van der Waals surface area contributed by atoms with E-state index in [2.05, 4.69) is 4.99 Å². The summed E-state index contributed by atoms with van der Waals surface area (Å²) < 4.78 is 18.9. The highest BCUT2D eigenvalue weighted by atomic mass is 32.2. The molecule has 1 fully saturated rings. The van der Waals surface area contributed by atoms with Crippen molar-refractivity contribution in [3.05, 3.63) is 76.7 Å². The number of ether oxygens (including phenoxy) is 1. The van der Waals surface area contributed by atoms with E-state index in [1.165, 1.54) is 29.5 Å². The third-order valence-corrected chi connectivity index (χ3v) is 6.03. The quantitative estimate of drug-likeness (QED) is 0.666. The van der Waals surface area contributed by atoms with Gasteiger partial charge in [0, 0.05) is 12.4 Å². The van der Waals surface area contributed by atoms with Crippen LogP contribution in [0.4, 0.5) is 4.39 Å². The number of thioether (sulfide) groups is 1. The molecule has 0 aromatic heterocycles. The van der Waals surface area contributed by atoms with E-state index < -0.39 is 0 Å². The summed E-state index contributed by atoms with van der Waals surface area (Å²) >= 11 is 1.49. The van der Waals surface area contributed by atoms with Gasteiger partial charge >= 0.3 is 0 Å². The second-order valence-electron chi connectivity index (χ2n) is 7.30. The third kappa shape index (κ3) is 4.95. The van der Waals surface area contributed by atoms with Crippen LogP contribution < -0.4 is 0 Å². The van der Waals surface area contributed by atoms with Crippen LogP contribution in [0.25, 0.3) is 6.08 Å². The zero-order valence-electron chi connectivity index (χ0n) is 16.3. The lowest BCUT2D eigenvalue weighted by Crippen LogP contribution is -2.37. The van der Waals surface area contributed by atoms with Gasteiger partial charge in [0.1, 0.15) is 11.5 Å². The Morgan fingerprint density at radius 3 is 2.66 bits per heavy atom. The van der Waals surface area contributed by atoms with Crippen molar-refractivity contribution in [3.63, 3.8) is 0 Å². The Hall–Kier alpha value is -2.44. The van der Waals surface area contributed by atoms with Crippen molar-refractivity contribution in [2.24, 2.45) is 4.99 Å². The first-order valence-electron chi connectivity index (χ1n) is 9.76. The summed E-state index contributed by atoms with van der Waals surface area (Å²) in [6.07, 6.45) is 3.86. The monoisotopic (exact) mass is 410 g/mol. The molecule has 29 heavy (non-hydrogen) atoms. The molecule has 0 saturated carbocycles. The number of nitrogens with zero attached hydrogens (tertiary/aromatic N) is 2. The fourth-order valence-electron chi connectivity index (χ4n) is 3.34. The largest absolute Gasteiger partial charge is 0.376 e. The Labute approximate surface area is 174 Å². The predicted octanol–water partition coefficient (Wildman–Crippen LogP) is 4.79. The zero-order chi connectivity index (χ0) is 20.2. The molecule has 4 nitrogen and oxygen atoms in total. The van der Waals surface area contributed by atoms with Crippen LogP contribution in [-0.4, -0.2) is 35.2 Å². The lowest BCUT2D eigenvalue weighted by molar-refractivity contribution is -0.123. The van der Waals surface area contributed by atoms with Crippen LogP contribution in [0, 0.1) is 12.7 Å². The molecule has 4 rings (SSSR count). The molecular weight excluding hydrogens is 387 g/mol. The first-order valence-corrected chi connectivity index (χ1v) is 10.7. The molecule has 1 atom stereocenters. The number of hydrogen-bond donors (Lipinski definition) is 0. The number of aryl methyl sites for hydroxylation is 1. The van der Waals surface area contributed by atoms with E-state index in [0.717, 1.165) is 30.6 Å². The molecule has 2 heterocycles. The van der Waals surface area contributed by atoms with Crippen molar-refractivity contribution in [2.75, 3.05) is 13.2 Å². The molecule has 2 aromatic carbocycles. The Bertz CT molecular complexity index is 932. The number of benzene rings is 2. The topological polar surface area (TPSA) is 41.9 Å². The Morgan fingerprint density at radius 2 is 1.97 bits per heavy atom. The molecule has 2 aromatic rings. The van der Waals surface area contributed by atoms with Crippen molar-refractivity contribution in [3.8, 4) is 0 Å². The van der Waals surface area contributed by atoms with Gasteiger partial charge in [-0.15, -0.1) is 0 Å². The van der Waals surface area contributed by atoms with E-state index in [4.69, 9.17) is 4.74 Å². The highest BCUT2D eigenvalue weighted by Gasteiger charge is 2.33. The summed E-state index contributed by atoms with van der Waals surface area (Å²) in [4.78, 5) is 19.4. The first kappa shape index (κ1) is 19.9. The van der Waals surface area contributed by atoms with Gasteiger partial charge in [-0.05, 0) is 49.1 Å². The first-order chi connectivity index (χ1) is 14.1. The number of carbonyl (C=O) groups is 1. The van der Waals surface area contributed by atoms with E-state index in [1.54, 1.807) is 17.0 Å². The standard InChI is InChI=1S/C23H23FN2O2S/c1-16-4-6-17(7-5-16)13-21-22(27)26(14-20-3-2-12-28-20)23(25-21)29-15-18-8-10-19(24)11-9-18/h4-11,13,20H,2-3,12,14-15H2,1H3. The van der Waals surface area contributed by atoms with Crippen molar-refractivity contribution in [2.45, 2.75) is 31.6 Å². The van der Waals surface area contributed by atoms with E-state index in [1.807, 2.05) is 37.3 Å². The average Bonchev–Trinajstić information content (AvgIpc) is 3.33. The van der Waals surface area contributed by atoms with E-state index in [0.29, 0.717) is 23.2 Å². The second kappa shape index (κ2) is 8.93. The van der Waals surface area contributed by atoms with Gasteiger partial charge in [0.05, 0.1) is 12.6 Å². The Balaban J connectivity index is 1.54. The molecule has 150 valence electrons. The van der Waals surface area contributed by atoms with E-state index >= 15 is 0 Å². The fourth-order valence-corrected chi connectivity index (χ4v) is 4.31. The molecule has 1 amide bonds. The molecule has 0 aliphatic carbocycles. The van der Waals surface area contributed by atoms with Crippen LogP contribution in [-0.2, 0) is 15.3 Å². The highest BCUT2D eigenvalue weighted by Crippen LogP contribution is 2.28. The maximum absolute atomic E-state index is 13.1. The predicted molar refractivity (Wildman–Crippen MR) is 115 cm³/mol. The van der Waals surface area contributed by atoms with Gasteiger partial charge in [0.15, 0.2) is 5.17 Å². The van der Waals surface area contributed by atoms with Crippen molar-refractivity contribution in [1.29, 1.82) is 0 Å². The lowest BCUT2D eigenvalue weighted by Gasteiger charge is -2.21. The van der Waals surface area contributed by atoms with Crippen molar-refractivity contribution in [1.82, 2.24) is 4.90 Å². The summed E-state index contributed by atoms with van der Waals surface area (Å²) in [7, 11) is 0. The van der Waals surface area contributed by atoms with Crippen molar-refractivity contribution >= 4 is 28.9 Å². The summed E-state index contributed by atoms with van der Waals surface area (Å²) in [6, 6.07) is 14.4. The normalized spacial score (nSPS) is 20.6. The molecule has 2 aliphatic rings. The second-order valence-corrected chi connectivity index (χ2v) is 8.24. The molecule has 1 unspecified atom stereocenters. The molecule has 6 heteroatoms. The number of rotatable bonds is 5. The number of hydrogen-bond acceptors (Lipinski definition) is 4. The Kier molecular flexibility index (Phi) is 6.11. The van der Waals surface area contributed by atoms with Gasteiger partial charge in [-0.1, -0.05) is 53.7 Å². The molecule has 0 spiro atoms. The molecule has 2 aliphatic heterocycles. The minimum absolute atomic E-state index is 0.0503. The van der Waals surface area contributed by atoms with Crippen LogP contribution in [0.15, 0.2) is 59.2 Å². The summed E-state index contributed by atoms with van der Waals surface area (Å²) in [5, 5.41) is 0.674. The number of carbonyl (C=O) groups excluding carboxylic acids is 1. The fraction of sp³-hybridized carbons (Fsp3) is 0.304. The minimum Gasteiger partial charge on any atom is -0.376 e. The Morgan fingerprint density at radius 1 is 1.21 bits per heavy atom. The average molecular weight is 411 g/mol. The van der Waals surface area contributed by atoms with Gasteiger partial charge in [-0.25, -0.2) is 9.38 Å². The summed E-state index contributed by atoms with van der Waals surface area (Å²) in [5.74, 6) is 0.268. The van der Waals surface area contributed by atoms with Gasteiger partial charge in [-0.3, -0.25) is 9.69 Å². The lowest BCUT2D eigenvalue weighted by atomic mass is 10.1. The third-order valence-electron chi connectivity index (χ3n) is 4.98. The van der Waals surface area contributed by atoms with Crippen LogP contribution in [0.5, 0.6) is 0 Å². The minimum atomic E-state index is -0.254. The molecule has 0 radical (unpaired) electrons. The van der Waals surface area contributed by atoms with Gasteiger partial charge < -0.3 is 4.74 Å². The van der Waals surface area contributed by atoms with Crippen LogP contribution in [0.3, 0.4) is 0 Å². The van der Waals surface area contributed by atoms with Gasteiger partial charge in [0.2, 0.25) is 0 Å². The van der Waals surface area contributed by atoms with Crippen molar-refractivity contribution < 1.29 is 13.9 Å². The SMILES string of the molecule is Cc1ccc(C=C2N=C(SCc3ccc(F)cc3)N(CC3CCCO3)C2=O)cc1. The maximum Gasteiger partial charge on any atom is 0.278 e.